The number of amides is 2. The van der Waals surface area contributed by atoms with Crippen LogP contribution in [-0.4, -0.2) is 25.2 Å². The lowest BCUT2D eigenvalue weighted by Crippen LogP contribution is -2.41. The van der Waals surface area contributed by atoms with Crippen LogP contribution in [0.3, 0.4) is 0 Å². The predicted octanol–water partition coefficient (Wildman–Crippen LogP) is 1.72. The van der Waals surface area contributed by atoms with Crippen LogP contribution in [0.15, 0.2) is 76.2 Å². The molecule has 0 aliphatic heterocycles. The number of pyridine rings is 1. The van der Waals surface area contributed by atoms with Crippen molar-refractivity contribution < 1.29 is 22.4 Å². The van der Waals surface area contributed by atoms with Gasteiger partial charge in [0.1, 0.15) is 17.2 Å². The molecule has 27 heavy (non-hydrogen) atoms. The SMILES string of the molecule is O=C(NNC(=O)c1ccc(CS(=O)(=O)c2ccccc2)o1)c1ccccn1. The summed E-state index contributed by atoms with van der Waals surface area (Å²) in [6.07, 6.45) is 1.45. The fourth-order valence-corrected chi connectivity index (χ4v) is 3.48. The zero-order valence-electron chi connectivity index (χ0n) is 14.0. The van der Waals surface area contributed by atoms with Crippen molar-refractivity contribution in [2.75, 3.05) is 0 Å². The van der Waals surface area contributed by atoms with E-state index in [1.54, 1.807) is 30.3 Å². The van der Waals surface area contributed by atoms with E-state index in [4.69, 9.17) is 4.42 Å². The number of hydrogen-bond donors (Lipinski definition) is 2. The van der Waals surface area contributed by atoms with Gasteiger partial charge in [-0.2, -0.15) is 0 Å². The van der Waals surface area contributed by atoms with Crippen molar-refractivity contribution in [3.63, 3.8) is 0 Å². The third-order valence-corrected chi connectivity index (χ3v) is 5.16. The average molecular weight is 385 g/mol. The van der Waals surface area contributed by atoms with Gasteiger partial charge in [0.05, 0.1) is 4.90 Å². The number of nitrogens with one attached hydrogen (secondary N) is 2. The van der Waals surface area contributed by atoms with E-state index < -0.39 is 21.7 Å². The number of aromatic nitrogens is 1. The van der Waals surface area contributed by atoms with Gasteiger partial charge in [0, 0.05) is 6.20 Å². The van der Waals surface area contributed by atoms with E-state index in [9.17, 15) is 18.0 Å². The van der Waals surface area contributed by atoms with E-state index in [-0.39, 0.29) is 27.9 Å². The smallest absolute Gasteiger partial charge is 0.305 e. The molecule has 2 amide bonds. The summed E-state index contributed by atoms with van der Waals surface area (Å²) in [5, 5.41) is 0. The van der Waals surface area contributed by atoms with Crippen molar-refractivity contribution in [2.24, 2.45) is 0 Å². The third-order valence-electron chi connectivity index (χ3n) is 3.51. The molecule has 1 aromatic carbocycles. The lowest BCUT2D eigenvalue weighted by atomic mass is 10.3. The van der Waals surface area contributed by atoms with Crippen LogP contribution in [0.2, 0.25) is 0 Å². The van der Waals surface area contributed by atoms with Crippen LogP contribution in [-0.2, 0) is 15.6 Å². The number of carbonyl (C=O) groups excluding carboxylic acids is 2. The quantitative estimate of drug-likeness (QED) is 0.646. The molecule has 3 rings (SSSR count). The average Bonchev–Trinajstić information content (AvgIpc) is 3.15. The largest absolute Gasteiger partial charge is 0.455 e. The number of benzene rings is 1. The Labute approximate surface area is 155 Å². The normalized spacial score (nSPS) is 11.0. The van der Waals surface area contributed by atoms with E-state index in [1.807, 2.05) is 0 Å². The second-order valence-electron chi connectivity index (χ2n) is 5.46. The fourth-order valence-electron chi connectivity index (χ4n) is 2.21. The fraction of sp³-hybridized carbons (Fsp3) is 0.0556. The molecule has 2 heterocycles. The lowest BCUT2D eigenvalue weighted by molar-refractivity contribution is 0.0827. The van der Waals surface area contributed by atoms with Crippen molar-refractivity contribution in [2.45, 2.75) is 10.6 Å². The van der Waals surface area contributed by atoms with Crippen LogP contribution in [0.25, 0.3) is 0 Å². The summed E-state index contributed by atoms with van der Waals surface area (Å²) >= 11 is 0. The molecule has 0 unspecified atom stereocenters. The molecule has 0 radical (unpaired) electrons. The van der Waals surface area contributed by atoms with Crippen LogP contribution >= 0.6 is 0 Å². The van der Waals surface area contributed by atoms with Crippen molar-refractivity contribution in [1.29, 1.82) is 0 Å². The topological polar surface area (TPSA) is 118 Å². The maximum absolute atomic E-state index is 12.3. The molecular formula is C18H15N3O5S. The van der Waals surface area contributed by atoms with Crippen molar-refractivity contribution >= 4 is 21.7 Å². The van der Waals surface area contributed by atoms with Crippen LogP contribution in [0.5, 0.6) is 0 Å². The predicted molar refractivity (Wildman–Crippen MR) is 95.2 cm³/mol. The Hall–Kier alpha value is -3.46. The molecular weight excluding hydrogens is 370 g/mol. The molecule has 9 heteroatoms. The summed E-state index contributed by atoms with van der Waals surface area (Å²) < 4.78 is 29.9. The highest BCUT2D eigenvalue weighted by Crippen LogP contribution is 2.18. The molecule has 8 nitrogen and oxygen atoms in total. The van der Waals surface area contributed by atoms with E-state index in [2.05, 4.69) is 15.8 Å². The van der Waals surface area contributed by atoms with E-state index in [1.165, 1.54) is 36.5 Å². The molecule has 3 aromatic rings. The molecule has 2 aromatic heterocycles. The van der Waals surface area contributed by atoms with Gasteiger partial charge in [-0.05, 0) is 36.4 Å². The Kier molecular flexibility index (Phi) is 5.32. The van der Waals surface area contributed by atoms with Gasteiger partial charge in [-0.1, -0.05) is 24.3 Å². The summed E-state index contributed by atoms with van der Waals surface area (Å²) in [5.74, 6) is -1.72. The number of hydrogen-bond acceptors (Lipinski definition) is 6. The van der Waals surface area contributed by atoms with Crippen LogP contribution in [0.4, 0.5) is 0 Å². The lowest BCUT2D eigenvalue weighted by Gasteiger charge is -2.05. The molecule has 0 fully saturated rings. The van der Waals surface area contributed by atoms with Gasteiger partial charge < -0.3 is 4.42 Å². The first-order valence-electron chi connectivity index (χ1n) is 7.84. The minimum atomic E-state index is -3.59. The molecule has 0 saturated heterocycles. The summed E-state index contributed by atoms with van der Waals surface area (Å²) in [6, 6.07) is 15.4. The summed E-state index contributed by atoms with van der Waals surface area (Å²) in [5.41, 5.74) is 4.52. The maximum Gasteiger partial charge on any atom is 0.305 e. The van der Waals surface area contributed by atoms with E-state index in [0.29, 0.717) is 0 Å². The molecule has 0 aliphatic carbocycles. The number of nitrogens with zero attached hydrogens (tertiary/aromatic N) is 1. The third kappa shape index (κ3) is 4.59. The van der Waals surface area contributed by atoms with Crippen LogP contribution in [0.1, 0.15) is 26.8 Å². The van der Waals surface area contributed by atoms with Gasteiger partial charge in [-0.25, -0.2) is 8.42 Å². The second kappa shape index (κ2) is 7.83. The first kappa shape index (κ1) is 18.3. The highest BCUT2D eigenvalue weighted by molar-refractivity contribution is 7.90. The zero-order chi connectivity index (χ0) is 19.3. The molecule has 138 valence electrons. The summed E-state index contributed by atoms with van der Waals surface area (Å²) in [6.45, 7) is 0. The minimum Gasteiger partial charge on any atom is -0.455 e. The highest BCUT2D eigenvalue weighted by Gasteiger charge is 2.19. The van der Waals surface area contributed by atoms with Gasteiger partial charge in [0.15, 0.2) is 15.6 Å². The standard InChI is InChI=1S/C18H15N3O5S/c22-17(15-8-4-5-11-19-15)20-21-18(23)16-10-9-13(26-16)12-27(24,25)14-6-2-1-3-7-14/h1-11H,12H2,(H,20,22)(H,21,23). The van der Waals surface area contributed by atoms with Crippen molar-refractivity contribution in [3.8, 4) is 0 Å². The molecule has 0 saturated carbocycles. The van der Waals surface area contributed by atoms with Crippen LogP contribution < -0.4 is 10.9 Å². The molecule has 0 bridgehead atoms. The molecule has 0 aliphatic rings. The summed E-state index contributed by atoms with van der Waals surface area (Å²) in [7, 11) is -3.59. The van der Waals surface area contributed by atoms with E-state index in [0.717, 1.165) is 0 Å². The Balaban J connectivity index is 1.62. The number of rotatable bonds is 5. The van der Waals surface area contributed by atoms with Crippen LogP contribution in [0, 0.1) is 0 Å². The first-order valence-corrected chi connectivity index (χ1v) is 9.49. The monoisotopic (exact) mass is 385 g/mol. The number of furan rings is 1. The minimum absolute atomic E-state index is 0.111. The van der Waals surface area contributed by atoms with Gasteiger partial charge in [-0.15, -0.1) is 0 Å². The van der Waals surface area contributed by atoms with E-state index >= 15 is 0 Å². The zero-order valence-corrected chi connectivity index (χ0v) is 14.8. The van der Waals surface area contributed by atoms with Crippen molar-refractivity contribution in [1.82, 2.24) is 15.8 Å². The van der Waals surface area contributed by atoms with Crippen molar-refractivity contribution in [3.05, 3.63) is 84.1 Å². The molecule has 0 atom stereocenters. The maximum atomic E-state index is 12.3. The first-order chi connectivity index (χ1) is 13.0. The number of sulfone groups is 1. The van der Waals surface area contributed by atoms with Gasteiger partial charge >= 0.3 is 5.91 Å². The Bertz CT molecular complexity index is 1050. The number of hydrazine groups is 1. The Morgan fingerprint density at radius 2 is 1.59 bits per heavy atom. The van der Waals surface area contributed by atoms with Gasteiger partial charge in [0.2, 0.25) is 0 Å². The summed E-state index contributed by atoms with van der Waals surface area (Å²) in [4.78, 5) is 27.9. The second-order valence-corrected chi connectivity index (χ2v) is 7.45. The van der Waals surface area contributed by atoms with Gasteiger partial charge in [0.25, 0.3) is 5.91 Å². The Morgan fingerprint density at radius 3 is 2.30 bits per heavy atom. The van der Waals surface area contributed by atoms with Gasteiger partial charge in [-0.3, -0.25) is 25.4 Å². The highest BCUT2D eigenvalue weighted by atomic mass is 32.2. The molecule has 0 spiro atoms. The molecule has 2 N–H and O–H groups in total. The Morgan fingerprint density at radius 1 is 0.889 bits per heavy atom. The number of carbonyl (C=O) groups is 2.